The van der Waals surface area contributed by atoms with E-state index in [0.717, 1.165) is 0 Å². The van der Waals surface area contributed by atoms with Gasteiger partial charge in [-0.15, -0.1) is 0 Å². The lowest BCUT2D eigenvalue weighted by Crippen LogP contribution is -2.02. The topological polar surface area (TPSA) is 9.23 Å². The lowest BCUT2D eigenvalue weighted by Gasteiger charge is -2.13. The van der Waals surface area contributed by atoms with Gasteiger partial charge in [-0.2, -0.15) is 0 Å². The summed E-state index contributed by atoms with van der Waals surface area (Å²) in [5, 5.41) is 0. The third-order valence-electron chi connectivity index (χ3n) is 2.98. The van der Waals surface area contributed by atoms with E-state index in [0.29, 0.717) is 5.56 Å². The van der Waals surface area contributed by atoms with E-state index < -0.39 is 17.5 Å². The van der Waals surface area contributed by atoms with Gasteiger partial charge < -0.3 is 4.74 Å². The maximum Gasteiger partial charge on any atom is 0.165 e. The van der Waals surface area contributed by atoms with E-state index in [1.54, 1.807) is 6.07 Å². The molecule has 0 bridgehead atoms. The first kappa shape index (κ1) is 14.9. The standard InChI is InChI=1S/C15H12BrF3O/c1-20-15-7-9(5-6-14(15)19)11(16)8-10-12(17)3-2-4-13(10)18/h2-7,11H,8H2,1H3. The highest BCUT2D eigenvalue weighted by Gasteiger charge is 2.16. The summed E-state index contributed by atoms with van der Waals surface area (Å²) in [6, 6.07) is 8.06. The van der Waals surface area contributed by atoms with Gasteiger partial charge in [-0.3, -0.25) is 0 Å². The zero-order valence-electron chi connectivity index (χ0n) is 10.7. The van der Waals surface area contributed by atoms with Crippen LogP contribution in [0.5, 0.6) is 5.75 Å². The number of alkyl halides is 1. The van der Waals surface area contributed by atoms with E-state index in [9.17, 15) is 13.2 Å². The van der Waals surface area contributed by atoms with E-state index in [4.69, 9.17) is 4.74 Å². The number of halogens is 4. The van der Waals surface area contributed by atoms with Crippen LogP contribution in [0.4, 0.5) is 13.2 Å². The Morgan fingerprint density at radius 1 is 1.05 bits per heavy atom. The van der Waals surface area contributed by atoms with Crippen molar-refractivity contribution in [2.75, 3.05) is 7.11 Å². The first-order valence-corrected chi connectivity index (χ1v) is 6.85. The molecular weight excluding hydrogens is 333 g/mol. The fourth-order valence-electron chi connectivity index (χ4n) is 1.90. The van der Waals surface area contributed by atoms with Crippen LogP contribution in [0.25, 0.3) is 0 Å². The summed E-state index contributed by atoms with van der Waals surface area (Å²) in [6.45, 7) is 0. The van der Waals surface area contributed by atoms with Crippen LogP contribution < -0.4 is 4.74 Å². The van der Waals surface area contributed by atoms with Crippen molar-refractivity contribution < 1.29 is 17.9 Å². The van der Waals surface area contributed by atoms with Crippen molar-refractivity contribution in [3.8, 4) is 5.75 Å². The summed E-state index contributed by atoms with van der Waals surface area (Å²) in [6.07, 6.45) is 0.118. The predicted octanol–water partition coefficient (Wildman–Crippen LogP) is 4.79. The maximum absolute atomic E-state index is 13.6. The Hall–Kier alpha value is -1.49. The molecule has 0 saturated carbocycles. The van der Waals surface area contributed by atoms with E-state index in [1.165, 1.54) is 37.4 Å². The Morgan fingerprint density at radius 2 is 1.70 bits per heavy atom. The number of rotatable bonds is 4. The Kier molecular flexibility index (Phi) is 4.70. The van der Waals surface area contributed by atoms with E-state index in [2.05, 4.69) is 15.9 Å². The minimum absolute atomic E-state index is 0.00216. The zero-order chi connectivity index (χ0) is 14.7. The highest BCUT2D eigenvalue weighted by molar-refractivity contribution is 9.09. The van der Waals surface area contributed by atoms with Crippen LogP contribution >= 0.6 is 15.9 Å². The molecule has 0 N–H and O–H groups in total. The monoisotopic (exact) mass is 344 g/mol. The predicted molar refractivity (Wildman–Crippen MR) is 74.7 cm³/mol. The molecule has 5 heteroatoms. The van der Waals surface area contributed by atoms with Crippen molar-refractivity contribution in [1.82, 2.24) is 0 Å². The molecule has 0 aliphatic rings. The smallest absolute Gasteiger partial charge is 0.165 e. The lowest BCUT2D eigenvalue weighted by molar-refractivity contribution is 0.386. The average Bonchev–Trinajstić information content (AvgIpc) is 2.43. The van der Waals surface area contributed by atoms with Crippen molar-refractivity contribution in [1.29, 1.82) is 0 Å². The molecule has 0 fully saturated rings. The fraction of sp³-hybridized carbons (Fsp3) is 0.200. The first-order valence-electron chi connectivity index (χ1n) is 5.93. The van der Waals surface area contributed by atoms with Gasteiger partial charge in [-0.1, -0.05) is 28.1 Å². The molecule has 0 saturated heterocycles. The van der Waals surface area contributed by atoms with Gasteiger partial charge >= 0.3 is 0 Å². The van der Waals surface area contributed by atoms with E-state index >= 15 is 0 Å². The molecule has 2 aromatic rings. The molecule has 0 amide bonds. The van der Waals surface area contributed by atoms with Gasteiger partial charge in [-0.05, 0) is 36.2 Å². The second-order valence-electron chi connectivity index (χ2n) is 4.27. The van der Waals surface area contributed by atoms with E-state index in [1.807, 2.05) is 0 Å². The molecule has 0 aliphatic heterocycles. The third kappa shape index (κ3) is 3.15. The minimum Gasteiger partial charge on any atom is -0.494 e. The van der Waals surface area contributed by atoms with Crippen LogP contribution in [-0.2, 0) is 6.42 Å². The molecule has 0 aromatic heterocycles. The average molecular weight is 345 g/mol. The molecule has 2 aromatic carbocycles. The Balaban J connectivity index is 2.26. The van der Waals surface area contributed by atoms with Gasteiger partial charge in [0.05, 0.1) is 7.11 Å². The SMILES string of the molecule is COc1cc(C(Br)Cc2c(F)cccc2F)ccc1F. The molecule has 106 valence electrons. The summed E-state index contributed by atoms with van der Waals surface area (Å²) in [7, 11) is 1.36. The second-order valence-corrected chi connectivity index (χ2v) is 5.37. The van der Waals surface area contributed by atoms with E-state index in [-0.39, 0.29) is 22.6 Å². The second kappa shape index (κ2) is 6.31. The first-order chi connectivity index (χ1) is 9.52. The highest BCUT2D eigenvalue weighted by atomic mass is 79.9. The largest absolute Gasteiger partial charge is 0.494 e. The van der Waals surface area contributed by atoms with Gasteiger partial charge in [0.15, 0.2) is 11.6 Å². The summed E-state index contributed by atoms with van der Waals surface area (Å²) >= 11 is 3.37. The molecule has 0 radical (unpaired) electrons. The van der Waals surface area contributed by atoms with Crippen molar-refractivity contribution in [2.24, 2.45) is 0 Å². The number of hydrogen-bond donors (Lipinski definition) is 0. The van der Waals surface area contributed by atoms with Crippen LogP contribution in [0.3, 0.4) is 0 Å². The van der Waals surface area contributed by atoms with Crippen LogP contribution in [0.2, 0.25) is 0 Å². The van der Waals surface area contributed by atoms with Gasteiger partial charge in [-0.25, -0.2) is 13.2 Å². The molecule has 0 heterocycles. The molecule has 1 nitrogen and oxygen atoms in total. The number of hydrogen-bond acceptors (Lipinski definition) is 1. The summed E-state index contributed by atoms with van der Waals surface area (Å²) in [4.78, 5) is -0.344. The normalized spacial score (nSPS) is 12.2. The van der Waals surface area contributed by atoms with Crippen LogP contribution in [-0.4, -0.2) is 7.11 Å². The molecule has 0 aliphatic carbocycles. The molecule has 1 unspecified atom stereocenters. The molecule has 20 heavy (non-hydrogen) atoms. The number of methoxy groups -OCH3 is 1. The number of ether oxygens (including phenoxy) is 1. The maximum atomic E-state index is 13.6. The van der Waals surface area contributed by atoms with Crippen LogP contribution in [0.1, 0.15) is 16.0 Å². The Labute approximate surface area is 123 Å². The lowest BCUT2D eigenvalue weighted by atomic mass is 10.0. The van der Waals surface area contributed by atoms with Gasteiger partial charge in [0.1, 0.15) is 11.6 Å². The molecule has 0 spiro atoms. The zero-order valence-corrected chi connectivity index (χ0v) is 12.3. The summed E-state index contributed by atoms with van der Waals surface area (Å²) in [5.41, 5.74) is 0.684. The van der Waals surface area contributed by atoms with Crippen molar-refractivity contribution >= 4 is 15.9 Å². The third-order valence-corrected chi connectivity index (χ3v) is 3.83. The van der Waals surface area contributed by atoms with Crippen molar-refractivity contribution in [2.45, 2.75) is 11.2 Å². The number of benzene rings is 2. The Morgan fingerprint density at radius 3 is 2.30 bits per heavy atom. The minimum atomic E-state index is -0.594. The van der Waals surface area contributed by atoms with Crippen molar-refractivity contribution in [3.05, 3.63) is 65.0 Å². The summed E-state index contributed by atoms with van der Waals surface area (Å²) < 4.78 is 45.4. The quantitative estimate of drug-likeness (QED) is 0.724. The van der Waals surface area contributed by atoms with Crippen LogP contribution in [0.15, 0.2) is 36.4 Å². The van der Waals surface area contributed by atoms with Gasteiger partial charge in [0.2, 0.25) is 0 Å². The molecule has 1 atom stereocenters. The highest BCUT2D eigenvalue weighted by Crippen LogP contribution is 2.32. The summed E-state index contributed by atoms with van der Waals surface area (Å²) in [5.74, 6) is -1.57. The van der Waals surface area contributed by atoms with Gasteiger partial charge in [0.25, 0.3) is 0 Å². The molecular formula is C15H12BrF3O. The van der Waals surface area contributed by atoms with Crippen molar-refractivity contribution in [3.63, 3.8) is 0 Å². The van der Waals surface area contributed by atoms with Crippen LogP contribution in [0, 0.1) is 17.5 Å². The Bertz CT molecular complexity index is 596. The molecule has 2 rings (SSSR count). The van der Waals surface area contributed by atoms with Gasteiger partial charge in [0, 0.05) is 10.4 Å². The fourth-order valence-corrected chi connectivity index (χ4v) is 2.50.